The fourth-order valence-electron chi connectivity index (χ4n) is 0.834. The van der Waals surface area contributed by atoms with Gasteiger partial charge < -0.3 is 10.8 Å². The Bertz CT molecular complexity index is 347. The van der Waals surface area contributed by atoms with Crippen LogP contribution in [0, 0.1) is 0 Å². The van der Waals surface area contributed by atoms with Gasteiger partial charge in [0.25, 0.3) is 0 Å². The van der Waals surface area contributed by atoms with Crippen molar-refractivity contribution in [2.24, 2.45) is 11.6 Å². The first-order chi connectivity index (χ1) is 6.65. The number of aromatic nitrogens is 1. The van der Waals surface area contributed by atoms with Crippen LogP contribution in [0.2, 0.25) is 0 Å². The van der Waals surface area contributed by atoms with Crippen molar-refractivity contribution in [1.29, 1.82) is 0 Å². The molecule has 0 fully saturated rings. The molecule has 14 heavy (non-hydrogen) atoms. The molecule has 0 saturated heterocycles. The van der Waals surface area contributed by atoms with Crippen molar-refractivity contribution in [2.75, 3.05) is 5.01 Å². The van der Waals surface area contributed by atoms with Gasteiger partial charge in [-0.05, 0) is 12.1 Å². The number of aromatic carboxylic acids is 1. The average molecular weight is 194 g/mol. The third-order valence-corrected chi connectivity index (χ3v) is 1.51. The smallest absolute Gasteiger partial charge is 0.337 e. The minimum Gasteiger partial charge on any atom is -0.478 e. The Morgan fingerprint density at radius 1 is 1.57 bits per heavy atom. The van der Waals surface area contributed by atoms with E-state index in [0.29, 0.717) is 5.82 Å². The van der Waals surface area contributed by atoms with Gasteiger partial charge in [-0.1, -0.05) is 0 Å². The second-order valence-corrected chi connectivity index (χ2v) is 2.46. The van der Waals surface area contributed by atoms with Gasteiger partial charge in [-0.3, -0.25) is 5.01 Å². The van der Waals surface area contributed by atoms with Crippen molar-refractivity contribution in [1.82, 2.24) is 4.98 Å². The molecule has 0 aliphatic carbocycles. The van der Waals surface area contributed by atoms with Crippen LogP contribution < -0.4 is 16.6 Å². The van der Waals surface area contributed by atoms with Crippen LogP contribution >= 0.6 is 0 Å². The SMILES string of the molecule is N/C=C\N(N)c1ccc(C(=O)O)cn1. The number of nitrogens with zero attached hydrogens (tertiary/aromatic N) is 2. The molecule has 74 valence electrons. The summed E-state index contributed by atoms with van der Waals surface area (Å²) in [4.78, 5) is 14.3. The molecule has 0 radical (unpaired) electrons. The summed E-state index contributed by atoms with van der Waals surface area (Å²) in [7, 11) is 0. The van der Waals surface area contributed by atoms with Crippen LogP contribution in [0.3, 0.4) is 0 Å². The summed E-state index contributed by atoms with van der Waals surface area (Å²) >= 11 is 0. The first-order valence-electron chi connectivity index (χ1n) is 3.77. The molecule has 0 unspecified atom stereocenters. The lowest BCUT2D eigenvalue weighted by atomic mass is 10.3. The van der Waals surface area contributed by atoms with Gasteiger partial charge in [-0.2, -0.15) is 0 Å². The zero-order valence-corrected chi connectivity index (χ0v) is 7.29. The minimum absolute atomic E-state index is 0.110. The van der Waals surface area contributed by atoms with E-state index < -0.39 is 5.97 Å². The van der Waals surface area contributed by atoms with E-state index in [4.69, 9.17) is 16.7 Å². The highest BCUT2D eigenvalue weighted by Gasteiger charge is 2.04. The number of carbonyl (C=O) groups is 1. The number of carboxylic acid groups (broad SMARTS) is 1. The molecule has 0 saturated carbocycles. The van der Waals surface area contributed by atoms with E-state index in [1.165, 1.54) is 35.7 Å². The second kappa shape index (κ2) is 4.24. The molecule has 1 heterocycles. The van der Waals surface area contributed by atoms with Gasteiger partial charge >= 0.3 is 5.97 Å². The number of hydrogen-bond acceptors (Lipinski definition) is 5. The molecule has 0 spiro atoms. The number of pyridine rings is 1. The summed E-state index contributed by atoms with van der Waals surface area (Å²) in [5.41, 5.74) is 5.23. The van der Waals surface area contributed by atoms with Crippen LogP contribution in [0.5, 0.6) is 0 Å². The van der Waals surface area contributed by atoms with E-state index in [0.717, 1.165) is 0 Å². The highest BCUT2D eigenvalue weighted by atomic mass is 16.4. The van der Waals surface area contributed by atoms with Gasteiger partial charge in [0.2, 0.25) is 0 Å². The lowest BCUT2D eigenvalue weighted by Gasteiger charge is -2.11. The Morgan fingerprint density at radius 2 is 2.29 bits per heavy atom. The maximum Gasteiger partial charge on any atom is 0.337 e. The van der Waals surface area contributed by atoms with Crippen molar-refractivity contribution >= 4 is 11.8 Å². The van der Waals surface area contributed by atoms with Crippen molar-refractivity contribution in [3.63, 3.8) is 0 Å². The third kappa shape index (κ3) is 2.20. The van der Waals surface area contributed by atoms with Crippen molar-refractivity contribution in [2.45, 2.75) is 0 Å². The molecule has 0 aliphatic heterocycles. The molecule has 0 amide bonds. The minimum atomic E-state index is -1.03. The van der Waals surface area contributed by atoms with Crippen LogP contribution in [-0.4, -0.2) is 16.1 Å². The van der Waals surface area contributed by atoms with Crippen LogP contribution in [0.15, 0.2) is 30.7 Å². The quantitative estimate of drug-likeness (QED) is 0.458. The van der Waals surface area contributed by atoms with E-state index in [9.17, 15) is 4.79 Å². The Morgan fingerprint density at radius 3 is 2.71 bits per heavy atom. The number of hydrogen-bond donors (Lipinski definition) is 3. The van der Waals surface area contributed by atoms with Crippen molar-refractivity contribution < 1.29 is 9.90 Å². The van der Waals surface area contributed by atoms with Gasteiger partial charge in [-0.15, -0.1) is 0 Å². The van der Waals surface area contributed by atoms with Gasteiger partial charge in [0.05, 0.1) is 5.56 Å². The number of anilines is 1. The maximum absolute atomic E-state index is 10.5. The first kappa shape index (κ1) is 10.0. The van der Waals surface area contributed by atoms with Crippen LogP contribution in [0.4, 0.5) is 5.82 Å². The van der Waals surface area contributed by atoms with E-state index in [1.807, 2.05) is 0 Å². The van der Waals surface area contributed by atoms with Gasteiger partial charge in [0, 0.05) is 18.6 Å². The molecule has 0 aromatic carbocycles. The molecule has 1 aromatic rings. The molecule has 6 heteroatoms. The molecule has 0 bridgehead atoms. The monoisotopic (exact) mass is 194 g/mol. The van der Waals surface area contributed by atoms with Crippen LogP contribution in [0.25, 0.3) is 0 Å². The molecule has 0 atom stereocenters. The molecule has 1 aromatic heterocycles. The van der Waals surface area contributed by atoms with E-state index >= 15 is 0 Å². The molecular formula is C8H10N4O2. The molecule has 0 aliphatic rings. The Labute approximate surface area is 80.4 Å². The van der Waals surface area contributed by atoms with Gasteiger partial charge in [-0.25, -0.2) is 15.6 Å². The van der Waals surface area contributed by atoms with Crippen LogP contribution in [-0.2, 0) is 0 Å². The van der Waals surface area contributed by atoms with Gasteiger partial charge in [0.1, 0.15) is 5.82 Å². The van der Waals surface area contributed by atoms with Crippen molar-refractivity contribution in [3.8, 4) is 0 Å². The number of rotatable bonds is 3. The average Bonchev–Trinajstić information content (AvgIpc) is 2.18. The Kier molecular flexibility index (Phi) is 3.03. The highest BCUT2D eigenvalue weighted by Crippen LogP contribution is 2.07. The summed E-state index contributed by atoms with van der Waals surface area (Å²) in [5.74, 6) is 4.88. The lowest BCUT2D eigenvalue weighted by molar-refractivity contribution is 0.0696. The summed E-state index contributed by atoms with van der Waals surface area (Å²) in [5, 5.41) is 9.78. The van der Waals surface area contributed by atoms with Crippen LogP contribution in [0.1, 0.15) is 10.4 Å². The first-order valence-corrected chi connectivity index (χ1v) is 3.77. The zero-order chi connectivity index (χ0) is 10.6. The van der Waals surface area contributed by atoms with Crippen molar-refractivity contribution in [3.05, 3.63) is 36.3 Å². The molecule has 5 N–H and O–H groups in total. The topological polar surface area (TPSA) is 105 Å². The van der Waals surface area contributed by atoms with Gasteiger partial charge in [0.15, 0.2) is 0 Å². The maximum atomic E-state index is 10.5. The van der Waals surface area contributed by atoms with E-state index in [2.05, 4.69) is 4.98 Å². The summed E-state index contributed by atoms with van der Waals surface area (Å²) in [6, 6.07) is 2.90. The summed E-state index contributed by atoms with van der Waals surface area (Å²) in [6.07, 6.45) is 3.89. The molecule has 6 nitrogen and oxygen atoms in total. The number of hydrazine groups is 1. The predicted octanol–water partition coefficient (Wildman–Crippen LogP) is -0.110. The molecular weight excluding hydrogens is 184 g/mol. The largest absolute Gasteiger partial charge is 0.478 e. The zero-order valence-electron chi connectivity index (χ0n) is 7.29. The standard InChI is InChI=1S/C8H10N4O2/c9-3-4-12(10)7-2-1-6(5-11-7)8(13)14/h1-5H,9-10H2,(H,13,14)/b4-3-. The Balaban J connectivity index is 2.88. The normalized spacial score (nSPS) is 10.4. The van der Waals surface area contributed by atoms with E-state index in [1.54, 1.807) is 0 Å². The fourth-order valence-corrected chi connectivity index (χ4v) is 0.834. The second-order valence-electron chi connectivity index (χ2n) is 2.46. The fraction of sp³-hybridized carbons (Fsp3) is 0. The number of nitrogens with two attached hydrogens (primary N) is 2. The summed E-state index contributed by atoms with van der Waals surface area (Å²) in [6.45, 7) is 0. The Hall–Kier alpha value is -2.08. The summed E-state index contributed by atoms with van der Waals surface area (Å²) < 4.78 is 0. The highest BCUT2D eigenvalue weighted by molar-refractivity contribution is 5.87. The van der Waals surface area contributed by atoms with E-state index in [-0.39, 0.29) is 5.56 Å². The predicted molar refractivity (Wildman–Crippen MR) is 51.2 cm³/mol. The lowest BCUT2D eigenvalue weighted by Crippen LogP contribution is -2.25. The molecule has 1 rings (SSSR count). The number of carboxylic acids is 1. The third-order valence-electron chi connectivity index (χ3n) is 1.51.